The molecule has 0 spiro atoms. The Morgan fingerprint density at radius 1 is 1.26 bits per heavy atom. The Morgan fingerprint density at radius 3 is 2.67 bits per heavy atom. The summed E-state index contributed by atoms with van der Waals surface area (Å²) in [5, 5.41) is 0. The molecule has 2 aliphatic rings. The smallest absolute Gasteiger partial charge is 0.259 e. The van der Waals surface area contributed by atoms with Crippen molar-refractivity contribution in [3.05, 3.63) is 18.0 Å². The Bertz CT molecular complexity index is 668. The number of pyridine rings is 1. The first kappa shape index (κ1) is 19.9. The molecule has 0 aliphatic carbocycles. The van der Waals surface area contributed by atoms with Gasteiger partial charge >= 0.3 is 0 Å². The molecular weight excluding hydrogens is 352 g/mol. The lowest BCUT2D eigenvalue weighted by Crippen LogP contribution is -2.76. The standard InChI is InChI=1S/C19H28N2O6/c1-13(2)7-17-19(27-12-24-4,18(22)21(17)11-23-3)9-14-8-15-16(10-20-14)26-6-5-25-15/h8,10,13,17H,5-7,9,11-12H2,1-4H3/t17-,19+/m0/s1. The highest BCUT2D eigenvalue weighted by molar-refractivity contribution is 5.93. The summed E-state index contributed by atoms with van der Waals surface area (Å²) < 4.78 is 27.5. The van der Waals surface area contributed by atoms with Gasteiger partial charge in [-0.1, -0.05) is 13.8 Å². The Balaban J connectivity index is 1.88. The lowest BCUT2D eigenvalue weighted by Gasteiger charge is -2.55. The number of rotatable bonds is 9. The number of likely N-dealkylation sites (tertiary alicyclic amines) is 1. The van der Waals surface area contributed by atoms with E-state index in [2.05, 4.69) is 18.8 Å². The van der Waals surface area contributed by atoms with E-state index in [1.54, 1.807) is 25.3 Å². The van der Waals surface area contributed by atoms with Crippen molar-refractivity contribution in [1.82, 2.24) is 9.88 Å². The fourth-order valence-electron chi connectivity index (χ4n) is 3.69. The minimum absolute atomic E-state index is 0.0334. The summed E-state index contributed by atoms with van der Waals surface area (Å²) in [5.74, 6) is 1.55. The zero-order valence-corrected chi connectivity index (χ0v) is 16.4. The second kappa shape index (κ2) is 8.41. The number of fused-ring (bicyclic) bond motifs is 1. The lowest BCUT2D eigenvalue weighted by atomic mass is 9.75. The van der Waals surface area contributed by atoms with Crippen molar-refractivity contribution in [2.75, 3.05) is 41.0 Å². The van der Waals surface area contributed by atoms with Crippen LogP contribution in [0.25, 0.3) is 0 Å². The zero-order chi connectivity index (χ0) is 19.4. The molecule has 0 aromatic carbocycles. The number of nitrogens with zero attached hydrogens (tertiary/aromatic N) is 2. The second-order valence-electron chi connectivity index (χ2n) is 7.27. The first-order valence-corrected chi connectivity index (χ1v) is 9.19. The van der Waals surface area contributed by atoms with Gasteiger partial charge in [0, 0.05) is 32.4 Å². The largest absolute Gasteiger partial charge is 0.486 e. The number of methoxy groups -OCH3 is 2. The molecule has 0 N–H and O–H groups in total. The van der Waals surface area contributed by atoms with E-state index in [-0.39, 0.29) is 25.5 Å². The molecule has 1 aromatic heterocycles. The van der Waals surface area contributed by atoms with Crippen LogP contribution in [0.2, 0.25) is 0 Å². The predicted molar refractivity (Wildman–Crippen MR) is 96.6 cm³/mol. The summed E-state index contributed by atoms with van der Waals surface area (Å²) >= 11 is 0. The van der Waals surface area contributed by atoms with Gasteiger partial charge < -0.3 is 28.6 Å². The molecule has 1 saturated heterocycles. The van der Waals surface area contributed by atoms with Gasteiger partial charge in [0.15, 0.2) is 17.1 Å². The summed E-state index contributed by atoms with van der Waals surface area (Å²) in [6.07, 6.45) is 2.77. The van der Waals surface area contributed by atoms with Crippen molar-refractivity contribution in [1.29, 1.82) is 0 Å². The predicted octanol–water partition coefficient (Wildman–Crippen LogP) is 1.62. The Kier molecular flexibility index (Phi) is 6.18. The van der Waals surface area contributed by atoms with Crippen molar-refractivity contribution in [2.45, 2.75) is 38.3 Å². The van der Waals surface area contributed by atoms with Gasteiger partial charge in [-0.25, -0.2) is 0 Å². The van der Waals surface area contributed by atoms with Gasteiger partial charge in [0.1, 0.15) is 26.7 Å². The van der Waals surface area contributed by atoms with E-state index in [1.807, 2.05) is 6.07 Å². The van der Waals surface area contributed by atoms with Crippen molar-refractivity contribution in [3.63, 3.8) is 0 Å². The van der Waals surface area contributed by atoms with Crippen molar-refractivity contribution >= 4 is 5.91 Å². The van der Waals surface area contributed by atoms with E-state index >= 15 is 0 Å². The molecular formula is C19H28N2O6. The SMILES string of the molecule is COCO[C@@]1(Cc2cc3c(cn2)OCCO3)C(=O)N(COC)[C@H]1CC(C)C. The summed E-state index contributed by atoms with van der Waals surface area (Å²) in [6.45, 7) is 5.52. The first-order chi connectivity index (χ1) is 13.0. The molecule has 8 heteroatoms. The van der Waals surface area contributed by atoms with E-state index in [0.717, 1.165) is 12.1 Å². The molecule has 0 unspecified atom stereocenters. The highest BCUT2D eigenvalue weighted by Crippen LogP contribution is 2.41. The summed E-state index contributed by atoms with van der Waals surface area (Å²) in [6, 6.07) is 1.71. The van der Waals surface area contributed by atoms with Gasteiger partial charge in [-0.3, -0.25) is 9.78 Å². The van der Waals surface area contributed by atoms with Crippen LogP contribution >= 0.6 is 0 Å². The maximum Gasteiger partial charge on any atom is 0.259 e. The van der Waals surface area contributed by atoms with E-state index in [4.69, 9.17) is 23.7 Å². The van der Waals surface area contributed by atoms with Crippen LogP contribution < -0.4 is 9.47 Å². The molecule has 3 rings (SSSR count). The van der Waals surface area contributed by atoms with Gasteiger partial charge in [0.05, 0.1) is 12.2 Å². The van der Waals surface area contributed by atoms with Crippen LogP contribution in [0.5, 0.6) is 11.5 Å². The summed E-state index contributed by atoms with van der Waals surface area (Å²) in [7, 11) is 3.13. The third-order valence-corrected chi connectivity index (χ3v) is 4.86. The molecule has 3 heterocycles. The van der Waals surface area contributed by atoms with Gasteiger partial charge in [-0.05, 0) is 12.3 Å². The number of β-lactam (4-membered cyclic amide) rings is 1. The molecule has 0 bridgehead atoms. The van der Waals surface area contributed by atoms with Gasteiger partial charge in [0.2, 0.25) is 0 Å². The van der Waals surface area contributed by atoms with E-state index in [1.165, 1.54) is 0 Å². The number of hydrogen-bond acceptors (Lipinski definition) is 7. The number of ether oxygens (including phenoxy) is 5. The zero-order valence-electron chi connectivity index (χ0n) is 16.4. The molecule has 1 fully saturated rings. The number of carbonyl (C=O) groups is 1. The van der Waals surface area contributed by atoms with Crippen molar-refractivity contribution < 1.29 is 28.5 Å². The lowest BCUT2D eigenvalue weighted by molar-refractivity contribution is -0.235. The number of aromatic nitrogens is 1. The third kappa shape index (κ3) is 3.88. The number of hydrogen-bond donors (Lipinski definition) is 0. The Labute approximate surface area is 159 Å². The molecule has 1 amide bonds. The molecule has 27 heavy (non-hydrogen) atoms. The van der Waals surface area contributed by atoms with Crippen LogP contribution in [0, 0.1) is 5.92 Å². The minimum atomic E-state index is -1.02. The van der Waals surface area contributed by atoms with Crippen LogP contribution in [0.4, 0.5) is 0 Å². The molecule has 1 aromatic rings. The van der Waals surface area contributed by atoms with E-state index in [9.17, 15) is 4.79 Å². The van der Waals surface area contributed by atoms with Gasteiger partial charge in [-0.2, -0.15) is 0 Å². The maximum absolute atomic E-state index is 13.0. The minimum Gasteiger partial charge on any atom is -0.486 e. The molecule has 0 radical (unpaired) electrons. The molecule has 0 saturated carbocycles. The normalized spacial score (nSPS) is 24.3. The van der Waals surface area contributed by atoms with Crippen molar-refractivity contribution in [3.8, 4) is 11.5 Å². The first-order valence-electron chi connectivity index (χ1n) is 9.19. The maximum atomic E-state index is 13.0. The van der Waals surface area contributed by atoms with Crippen molar-refractivity contribution in [2.24, 2.45) is 5.92 Å². The Morgan fingerprint density at radius 2 is 2.00 bits per heavy atom. The fraction of sp³-hybridized carbons (Fsp3) is 0.684. The summed E-state index contributed by atoms with van der Waals surface area (Å²) in [5.41, 5.74) is -0.301. The summed E-state index contributed by atoms with van der Waals surface area (Å²) in [4.78, 5) is 19.2. The average molecular weight is 380 g/mol. The van der Waals surface area contributed by atoms with E-state index < -0.39 is 5.60 Å². The molecule has 2 atom stereocenters. The molecule has 2 aliphatic heterocycles. The fourth-order valence-corrected chi connectivity index (χ4v) is 3.69. The number of amides is 1. The van der Waals surface area contributed by atoms with E-state index in [0.29, 0.717) is 37.1 Å². The van der Waals surface area contributed by atoms with Gasteiger partial charge in [-0.15, -0.1) is 0 Å². The van der Waals surface area contributed by atoms with Crippen LogP contribution in [0.3, 0.4) is 0 Å². The molecule has 8 nitrogen and oxygen atoms in total. The monoisotopic (exact) mass is 380 g/mol. The highest BCUT2D eigenvalue weighted by atomic mass is 16.7. The van der Waals surface area contributed by atoms with Crippen LogP contribution in [0.1, 0.15) is 26.0 Å². The topological polar surface area (TPSA) is 79.3 Å². The number of carbonyl (C=O) groups excluding carboxylic acids is 1. The molecule has 150 valence electrons. The highest BCUT2D eigenvalue weighted by Gasteiger charge is 2.62. The third-order valence-electron chi connectivity index (χ3n) is 4.86. The second-order valence-corrected chi connectivity index (χ2v) is 7.27. The average Bonchev–Trinajstić information content (AvgIpc) is 2.67. The van der Waals surface area contributed by atoms with Crippen LogP contribution in [-0.4, -0.2) is 68.4 Å². The Hall–Kier alpha value is -1.90. The van der Waals surface area contributed by atoms with Gasteiger partial charge in [0.25, 0.3) is 5.91 Å². The van der Waals surface area contributed by atoms with Crippen LogP contribution in [0.15, 0.2) is 12.3 Å². The van der Waals surface area contributed by atoms with Crippen LogP contribution in [-0.2, 0) is 25.4 Å². The quantitative estimate of drug-likeness (QED) is 0.476.